The second-order valence-corrected chi connectivity index (χ2v) is 6.48. The third-order valence-electron chi connectivity index (χ3n) is 4.79. The summed E-state index contributed by atoms with van der Waals surface area (Å²) in [6.07, 6.45) is 7.94. The number of amides is 1. The number of carboxylic acid groups (broad SMARTS) is 1. The number of carboxylic acids is 1. The molecule has 1 amide bonds. The van der Waals surface area contributed by atoms with Gasteiger partial charge in [0, 0.05) is 19.0 Å². The van der Waals surface area contributed by atoms with Crippen molar-refractivity contribution in [1.82, 2.24) is 5.32 Å². The van der Waals surface area contributed by atoms with E-state index in [0.717, 1.165) is 38.5 Å². The van der Waals surface area contributed by atoms with Crippen molar-refractivity contribution in [2.24, 2.45) is 17.1 Å². The summed E-state index contributed by atoms with van der Waals surface area (Å²) in [7, 11) is 0. The van der Waals surface area contributed by atoms with Crippen LogP contribution in [0.2, 0.25) is 0 Å². The second kappa shape index (κ2) is 6.57. The summed E-state index contributed by atoms with van der Waals surface area (Å²) in [6.45, 7) is 0.249. The zero-order chi connectivity index (χ0) is 14.6. The van der Waals surface area contributed by atoms with Crippen molar-refractivity contribution in [3.05, 3.63) is 0 Å². The molecule has 2 rings (SSSR count). The topological polar surface area (TPSA) is 92.4 Å². The van der Waals surface area contributed by atoms with Crippen LogP contribution in [0.3, 0.4) is 0 Å². The molecule has 0 aliphatic heterocycles. The van der Waals surface area contributed by atoms with E-state index in [2.05, 4.69) is 5.32 Å². The molecule has 1 unspecified atom stereocenters. The van der Waals surface area contributed by atoms with E-state index in [9.17, 15) is 14.7 Å². The number of hydrogen-bond acceptors (Lipinski definition) is 3. The third-order valence-corrected chi connectivity index (χ3v) is 4.79. The Kier molecular flexibility index (Phi) is 5.02. The quantitative estimate of drug-likeness (QED) is 0.646. The molecule has 0 aromatic carbocycles. The molecule has 5 nitrogen and oxygen atoms in total. The first-order chi connectivity index (χ1) is 9.53. The van der Waals surface area contributed by atoms with Crippen molar-refractivity contribution < 1.29 is 14.7 Å². The summed E-state index contributed by atoms with van der Waals surface area (Å²) in [5, 5.41) is 12.3. The number of carbonyl (C=O) groups is 2. The molecule has 2 saturated carbocycles. The highest BCUT2D eigenvalue weighted by atomic mass is 16.4. The lowest BCUT2D eigenvalue weighted by Crippen LogP contribution is -2.44. The first-order valence-electron chi connectivity index (χ1n) is 7.79. The third kappa shape index (κ3) is 3.95. The molecular formula is C15H26N2O3. The molecule has 0 aromatic rings. The van der Waals surface area contributed by atoms with Crippen LogP contribution in [-0.2, 0) is 9.59 Å². The van der Waals surface area contributed by atoms with E-state index >= 15 is 0 Å². The van der Waals surface area contributed by atoms with Gasteiger partial charge < -0.3 is 16.2 Å². The Morgan fingerprint density at radius 2 is 1.80 bits per heavy atom. The van der Waals surface area contributed by atoms with Crippen LogP contribution in [0.4, 0.5) is 0 Å². The number of aliphatic carboxylic acids is 1. The number of carbonyl (C=O) groups excluding carboxylic acids is 1. The van der Waals surface area contributed by atoms with Crippen molar-refractivity contribution >= 4 is 11.9 Å². The summed E-state index contributed by atoms with van der Waals surface area (Å²) in [4.78, 5) is 23.5. The summed E-state index contributed by atoms with van der Waals surface area (Å²) >= 11 is 0. The molecule has 4 N–H and O–H groups in total. The van der Waals surface area contributed by atoms with Gasteiger partial charge in [0.05, 0.1) is 5.41 Å². The maximum Gasteiger partial charge on any atom is 0.311 e. The number of rotatable bonds is 6. The fourth-order valence-electron chi connectivity index (χ4n) is 3.12. The van der Waals surface area contributed by atoms with Gasteiger partial charge in [-0.15, -0.1) is 0 Å². The molecule has 114 valence electrons. The molecule has 2 aliphatic rings. The van der Waals surface area contributed by atoms with E-state index in [1.165, 1.54) is 0 Å². The number of nitrogens with two attached hydrogens (primary N) is 1. The van der Waals surface area contributed by atoms with Crippen molar-refractivity contribution in [3.8, 4) is 0 Å². The lowest BCUT2D eigenvalue weighted by atomic mass is 9.80. The summed E-state index contributed by atoms with van der Waals surface area (Å²) in [6, 6.07) is -0.0649. The number of nitrogens with one attached hydrogen (secondary N) is 1. The van der Waals surface area contributed by atoms with Gasteiger partial charge in [-0.2, -0.15) is 0 Å². The Morgan fingerprint density at radius 3 is 2.30 bits per heavy atom. The first-order valence-corrected chi connectivity index (χ1v) is 7.79. The minimum Gasteiger partial charge on any atom is -0.481 e. The van der Waals surface area contributed by atoms with E-state index in [1.807, 2.05) is 0 Å². The highest BCUT2D eigenvalue weighted by Crippen LogP contribution is 2.35. The molecule has 1 atom stereocenters. The van der Waals surface area contributed by atoms with E-state index in [0.29, 0.717) is 25.2 Å². The Morgan fingerprint density at radius 1 is 1.20 bits per heavy atom. The van der Waals surface area contributed by atoms with Gasteiger partial charge in [-0.1, -0.05) is 25.7 Å². The molecule has 2 aliphatic carbocycles. The average molecular weight is 282 g/mol. The Hall–Kier alpha value is -1.10. The van der Waals surface area contributed by atoms with Crippen LogP contribution in [0.15, 0.2) is 0 Å². The molecule has 0 spiro atoms. The van der Waals surface area contributed by atoms with Crippen LogP contribution in [-0.4, -0.2) is 29.6 Å². The molecule has 0 heterocycles. The standard InChI is InChI=1S/C15H26N2O3/c16-12(11-5-6-11)9-13(18)17-10-15(14(19)20)7-3-1-2-4-8-15/h11-12H,1-10,16H2,(H,17,18)(H,19,20). The van der Waals surface area contributed by atoms with Gasteiger partial charge in [-0.05, 0) is 31.6 Å². The van der Waals surface area contributed by atoms with Gasteiger partial charge >= 0.3 is 5.97 Å². The van der Waals surface area contributed by atoms with Crippen LogP contribution in [0.1, 0.15) is 57.8 Å². The lowest BCUT2D eigenvalue weighted by molar-refractivity contribution is -0.149. The van der Waals surface area contributed by atoms with Gasteiger partial charge in [-0.3, -0.25) is 9.59 Å². The number of hydrogen-bond donors (Lipinski definition) is 3. The van der Waals surface area contributed by atoms with E-state index in [1.54, 1.807) is 0 Å². The predicted octanol–water partition coefficient (Wildman–Crippen LogP) is 1.66. The maximum atomic E-state index is 11.9. The van der Waals surface area contributed by atoms with Crippen LogP contribution >= 0.6 is 0 Å². The lowest BCUT2D eigenvalue weighted by Gasteiger charge is -2.28. The minimum atomic E-state index is -0.772. The van der Waals surface area contributed by atoms with Gasteiger partial charge in [0.1, 0.15) is 0 Å². The molecule has 0 saturated heterocycles. The van der Waals surface area contributed by atoms with E-state index in [-0.39, 0.29) is 18.5 Å². The van der Waals surface area contributed by atoms with Crippen molar-refractivity contribution in [2.75, 3.05) is 6.54 Å². The monoisotopic (exact) mass is 282 g/mol. The Balaban J connectivity index is 1.84. The summed E-state index contributed by atoms with van der Waals surface area (Å²) in [5.74, 6) is -0.382. The van der Waals surface area contributed by atoms with Gasteiger partial charge in [0.25, 0.3) is 0 Å². The van der Waals surface area contributed by atoms with E-state index < -0.39 is 11.4 Å². The largest absolute Gasteiger partial charge is 0.481 e. The molecule has 20 heavy (non-hydrogen) atoms. The Labute approximate surface area is 120 Å². The summed E-state index contributed by atoms with van der Waals surface area (Å²) in [5.41, 5.74) is 5.16. The normalized spacial score (nSPS) is 23.6. The van der Waals surface area contributed by atoms with Crippen molar-refractivity contribution in [3.63, 3.8) is 0 Å². The van der Waals surface area contributed by atoms with E-state index in [4.69, 9.17) is 5.73 Å². The molecule has 5 heteroatoms. The highest BCUT2D eigenvalue weighted by Gasteiger charge is 2.39. The Bertz CT molecular complexity index is 358. The smallest absolute Gasteiger partial charge is 0.311 e. The molecule has 0 radical (unpaired) electrons. The predicted molar refractivity (Wildman–Crippen MR) is 76.1 cm³/mol. The first kappa shape index (κ1) is 15.3. The molecule has 0 bridgehead atoms. The fraction of sp³-hybridized carbons (Fsp3) is 0.867. The van der Waals surface area contributed by atoms with Crippen molar-refractivity contribution in [1.29, 1.82) is 0 Å². The van der Waals surface area contributed by atoms with Gasteiger partial charge in [0.15, 0.2) is 0 Å². The molecule has 2 fully saturated rings. The fourth-order valence-corrected chi connectivity index (χ4v) is 3.12. The SMILES string of the molecule is NC(CC(=O)NCC1(C(=O)O)CCCCCC1)C1CC1. The van der Waals surface area contributed by atoms with Crippen LogP contribution in [0, 0.1) is 11.3 Å². The highest BCUT2D eigenvalue weighted by molar-refractivity contribution is 5.79. The summed E-state index contributed by atoms with van der Waals surface area (Å²) < 4.78 is 0. The zero-order valence-electron chi connectivity index (χ0n) is 12.1. The van der Waals surface area contributed by atoms with Crippen LogP contribution in [0.5, 0.6) is 0 Å². The van der Waals surface area contributed by atoms with Crippen LogP contribution in [0.25, 0.3) is 0 Å². The molecule has 0 aromatic heterocycles. The van der Waals surface area contributed by atoms with Gasteiger partial charge in [-0.25, -0.2) is 0 Å². The molecular weight excluding hydrogens is 256 g/mol. The van der Waals surface area contributed by atoms with Crippen molar-refractivity contribution in [2.45, 2.75) is 63.8 Å². The van der Waals surface area contributed by atoms with Gasteiger partial charge in [0.2, 0.25) is 5.91 Å². The maximum absolute atomic E-state index is 11.9. The zero-order valence-corrected chi connectivity index (χ0v) is 12.1. The average Bonchev–Trinajstić information content (AvgIpc) is 3.23. The second-order valence-electron chi connectivity index (χ2n) is 6.48. The van der Waals surface area contributed by atoms with Crippen LogP contribution < -0.4 is 11.1 Å². The minimum absolute atomic E-state index is 0.0649.